The van der Waals surface area contributed by atoms with Crippen LogP contribution in [0.15, 0.2) is 18.2 Å². The van der Waals surface area contributed by atoms with Gasteiger partial charge in [-0.3, -0.25) is 4.79 Å². The molecule has 0 bridgehead atoms. The molecule has 0 saturated carbocycles. The summed E-state index contributed by atoms with van der Waals surface area (Å²) in [6.45, 7) is 0. The topological polar surface area (TPSA) is 37.3 Å². The molecule has 0 aliphatic heterocycles. The molecule has 70 valence electrons. The van der Waals surface area contributed by atoms with Gasteiger partial charge < -0.3 is 5.11 Å². The summed E-state index contributed by atoms with van der Waals surface area (Å²) >= 11 is 3.21. The van der Waals surface area contributed by atoms with E-state index in [4.69, 9.17) is 5.11 Å². The van der Waals surface area contributed by atoms with Gasteiger partial charge >= 0.3 is 5.97 Å². The van der Waals surface area contributed by atoms with Crippen LogP contribution in [0, 0.1) is 5.82 Å². The van der Waals surface area contributed by atoms with Crippen molar-refractivity contribution >= 4 is 21.9 Å². The molecule has 0 atom stereocenters. The van der Waals surface area contributed by atoms with Gasteiger partial charge in [-0.15, -0.1) is 0 Å². The molecule has 0 amide bonds. The van der Waals surface area contributed by atoms with Crippen molar-refractivity contribution in [1.29, 1.82) is 0 Å². The molecule has 0 radical (unpaired) electrons. The van der Waals surface area contributed by atoms with Crippen molar-refractivity contribution < 1.29 is 14.3 Å². The lowest BCUT2D eigenvalue weighted by atomic mass is 10.1. The molecule has 0 aromatic heterocycles. The maximum absolute atomic E-state index is 12.7. The van der Waals surface area contributed by atoms with Crippen molar-refractivity contribution in [2.75, 3.05) is 0 Å². The van der Waals surface area contributed by atoms with Crippen LogP contribution in [-0.2, 0) is 16.5 Å². The number of carbonyl (C=O) groups is 1. The average molecular weight is 247 g/mol. The van der Waals surface area contributed by atoms with Gasteiger partial charge in [0.15, 0.2) is 0 Å². The van der Waals surface area contributed by atoms with Crippen molar-refractivity contribution in [2.45, 2.75) is 11.8 Å². The van der Waals surface area contributed by atoms with E-state index in [-0.39, 0.29) is 6.42 Å². The van der Waals surface area contributed by atoms with Crippen LogP contribution in [0.2, 0.25) is 0 Å². The summed E-state index contributed by atoms with van der Waals surface area (Å²) in [6.07, 6.45) is -0.140. The van der Waals surface area contributed by atoms with Crippen molar-refractivity contribution in [3.63, 3.8) is 0 Å². The van der Waals surface area contributed by atoms with E-state index in [0.717, 1.165) is 5.56 Å². The molecule has 1 aromatic carbocycles. The number of rotatable bonds is 3. The monoisotopic (exact) mass is 246 g/mol. The minimum Gasteiger partial charge on any atom is -0.481 e. The van der Waals surface area contributed by atoms with E-state index in [2.05, 4.69) is 15.9 Å². The summed E-state index contributed by atoms with van der Waals surface area (Å²) in [5, 5.41) is 9.08. The number of aliphatic carboxylic acids is 1. The number of alkyl halides is 1. The van der Waals surface area contributed by atoms with E-state index in [1.165, 1.54) is 12.1 Å². The summed E-state index contributed by atoms with van der Waals surface area (Å²) in [4.78, 5) is 10.4. The Morgan fingerprint density at radius 2 is 2.15 bits per heavy atom. The second-order valence-corrected chi connectivity index (χ2v) is 3.18. The first kappa shape index (κ1) is 10.2. The van der Waals surface area contributed by atoms with Gasteiger partial charge in [0.25, 0.3) is 0 Å². The van der Waals surface area contributed by atoms with Crippen LogP contribution in [0.1, 0.15) is 11.1 Å². The van der Waals surface area contributed by atoms with E-state index in [1.807, 2.05) is 0 Å². The summed E-state index contributed by atoms with van der Waals surface area (Å²) in [6, 6.07) is 4.16. The lowest BCUT2D eigenvalue weighted by Gasteiger charge is -2.03. The SMILES string of the molecule is O=C(O)Cc1cc(F)ccc1CBr. The average Bonchev–Trinajstić information content (AvgIpc) is 2.03. The third-order valence-corrected chi connectivity index (χ3v) is 2.26. The fourth-order valence-electron chi connectivity index (χ4n) is 1.05. The zero-order valence-corrected chi connectivity index (χ0v) is 8.34. The molecule has 0 heterocycles. The number of halogens is 2. The maximum atomic E-state index is 12.7. The van der Waals surface area contributed by atoms with Gasteiger partial charge in [0.2, 0.25) is 0 Å². The van der Waals surface area contributed by atoms with Crippen molar-refractivity contribution in [3.8, 4) is 0 Å². The van der Waals surface area contributed by atoms with Gasteiger partial charge in [-0.25, -0.2) is 4.39 Å². The third-order valence-electron chi connectivity index (χ3n) is 1.65. The second-order valence-electron chi connectivity index (χ2n) is 2.62. The molecule has 13 heavy (non-hydrogen) atoms. The Labute approximate surface area is 83.5 Å². The van der Waals surface area contributed by atoms with Gasteiger partial charge in [0.05, 0.1) is 6.42 Å². The molecule has 0 fully saturated rings. The predicted molar refractivity (Wildman–Crippen MR) is 50.4 cm³/mol. The fourth-order valence-corrected chi connectivity index (χ4v) is 1.60. The smallest absolute Gasteiger partial charge is 0.307 e. The molecule has 1 rings (SSSR count). The van der Waals surface area contributed by atoms with Crippen LogP contribution >= 0.6 is 15.9 Å². The molecule has 1 N–H and O–H groups in total. The highest BCUT2D eigenvalue weighted by molar-refractivity contribution is 9.08. The van der Waals surface area contributed by atoms with Gasteiger partial charge in [0.1, 0.15) is 5.82 Å². The van der Waals surface area contributed by atoms with Crippen LogP contribution in [0.4, 0.5) is 4.39 Å². The van der Waals surface area contributed by atoms with E-state index in [9.17, 15) is 9.18 Å². The maximum Gasteiger partial charge on any atom is 0.307 e. The lowest BCUT2D eigenvalue weighted by molar-refractivity contribution is -0.136. The fraction of sp³-hybridized carbons (Fsp3) is 0.222. The zero-order chi connectivity index (χ0) is 9.84. The molecule has 0 spiro atoms. The summed E-state index contributed by atoms with van der Waals surface area (Å²) in [5.74, 6) is -1.35. The minimum atomic E-state index is -0.951. The van der Waals surface area contributed by atoms with Crippen molar-refractivity contribution in [3.05, 3.63) is 35.1 Å². The van der Waals surface area contributed by atoms with E-state index in [1.54, 1.807) is 6.07 Å². The van der Waals surface area contributed by atoms with Gasteiger partial charge in [-0.1, -0.05) is 22.0 Å². The summed E-state index contributed by atoms with van der Waals surface area (Å²) < 4.78 is 12.7. The molecule has 0 aliphatic carbocycles. The van der Waals surface area contributed by atoms with Crippen LogP contribution in [-0.4, -0.2) is 11.1 Å². The minimum absolute atomic E-state index is 0.140. The van der Waals surface area contributed by atoms with E-state index in [0.29, 0.717) is 10.9 Å². The third kappa shape index (κ3) is 2.81. The number of carboxylic acids is 1. The van der Waals surface area contributed by atoms with Crippen LogP contribution in [0.5, 0.6) is 0 Å². The van der Waals surface area contributed by atoms with Crippen LogP contribution < -0.4 is 0 Å². The molecule has 0 unspecified atom stereocenters. The Morgan fingerprint density at radius 1 is 1.46 bits per heavy atom. The highest BCUT2D eigenvalue weighted by Crippen LogP contribution is 2.15. The number of hydrogen-bond acceptors (Lipinski definition) is 1. The number of hydrogen-bond donors (Lipinski definition) is 1. The van der Waals surface area contributed by atoms with E-state index < -0.39 is 11.8 Å². The summed E-state index contributed by atoms with van der Waals surface area (Å²) in [5.41, 5.74) is 1.33. The normalized spacial score (nSPS) is 10.0. The predicted octanol–water partition coefficient (Wildman–Crippen LogP) is 2.35. The Morgan fingerprint density at radius 3 is 2.69 bits per heavy atom. The second kappa shape index (κ2) is 4.37. The largest absolute Gasteiger partial charge is 0.481 e. The molecule has 4 heteroatoms. The zero-order valence-electron chi connectivity index (χ0n) is 6.76. The Balaban J connectivity index is 3.01. The molecular weight excluding hydrogens is 239 g/mol. The van der Waals surface area contributed by atoms with Crippen LogP contribution in [0.3, 0.4) is 0 Å². The first-order valence-corrected chi connectivity index (χ1v) is 4.80. The molecular formula is C9H8BrFO2. The van der Waals surface area contributed by atoms with Crippen molar-refractivity contribution in [2.24, 2.45) is 0 Å². The number of carboxylic acid groups (broad SMARTS) is 1. The molecule has 0 saturated heterocycles. The van der Waals surface area contributed by atoms with Crippen LogP contribution in [0.25, 0.3) is 0 Å². The Kier molecular flexibility index (Phi) is 3.42. The number of benzene rings is 1. The van der Waals surface area contributed by atoms with Gasteiger partial charge in [-0.2, -0.15) is 0 Å². The summed E-state index contributed by atoms with van der Waals surface area (Å²) in [7, 11) is 0. The molecule has 2 nitrogen and oxygen atoms in total. The molecule has 1 aromatic rings. The van der Waals surface area contributed by atoms with Gasteiger partial charge in [-0.05, 0) is 23.3 Å². The highest BCUT2D eigenvalue weighted by Gasteiger charge is 2.06. The standard InChI is InChI=1S/C9H8BrFO2/c10-5-6-1-2-8(11)3-7(6)4-9(12)13/h1-3H,4-5H2,(H,12,13). The molecule has 0 aliphatic rings. The quantitative estimate of drug-likeness (QED) is 0.832. The first-order valence-electron chi connectivity index (χ1n) is 3.68. The van der Waals surface area contributed by atoms with E-state index >= 15 is 0 Å². The first-order chi connectivity index (χ1) is 6.13. The Hall–Kier alpha value is -0.900. The van der Waals surface area contributed by atoms with Crippen molar-refractivity contribution in [1.82, 2.24) is 0 Å². The highest BCUT2D eigenvalue weighted by atomic mass is 79.9. The van der Waals surface area contributed by atoms with Gasteiger partial charge in [0, 0.05) is 5.33 Å². The Bertz CT molecular complexity index is 325. The lowest BCUT2D eigenvalue weighted by Crippen LogP contribution is -2.03.